The number of benzene rings is 2. The summed E-state index contributed by atoms with van der Waals surface area (Å²) in [4.78, 5) is 11.6. The molecule has 0 fully saturated rings. The molecule has 3 rings (SSSR count). The van der Waals surface area contributed by atoms with Gasteiger partial charge in [-0.05, 0) is 41.0 Å². The van der Waals surface area contributed by atoms with Gasteiger partial charge in [0, 0.05) is 24.1 Å². The molecular formula is C19H22N2O4S. The predicted octanol–water partition coefficient (Wildman–Crippen LogP) is 1.50. The SMILES string of the molecule is CCS(=O)(=O)c1ccc([C@H](CO)C2NCc3cc(C(N)=O)ccc32)cc1. The molecule has 0 spiro atoms. The first-order valence-corrected chi connectivity index (χ1v) is 10.1. The predicted molar refractivity (Wildman–Crippen MR) is 98.5 cm³/mol. The molecule has 1 aliphatic rings. The van der Waals surface area contributed by atoms with Crippen molar-refractivity contribution < 1.29 is 18.3 Å². The van der Waals surface area contributed by atoms with Crippen LogP contribution in [0.25, 0.3) is 0 Å². The summed E-state index contributed by atoms with van der Waals surface area (Å²) < 4.78 is 23.9. The van der Waals surface area contributed by atoms with Crippen molar-refractivity contribution in [1.82, 2.24) is 5.32 Å². The topological polar surface area (TPSA) is 109 Å². The van der Waals surface area contributed by atoms with Crippen LogP contribution in [0.15, 0.2) is 47.4 Å². The molecule has 0 aliphatic carbocycles. The molecule has 4 N–H and O–H groups in total. The lowest BCUT2D eigenvalue weighted by Crippen LogP contribution is -2.23. The van der Waals surface area contributed by atoms with Crippen molar-refractivity contribution in [2.24, 2.45) is 5.73 Å². The van der Waals surface area contributed by atoms with E-state index in [1.165, 1.54) is 0 Å². The second-order valence-corrected chi connectivity index (χ2v) is 8.68. The standard InChI is InChI=1S/C19H22N2O4S/c1-2-26(24,25)15-6-3-12(4-7-15)17(11-22)18-16-8-5-13(19(20)23)9-14(16)10-21-18/h3-9,17-18,21-22H,2,10-11H2,1H3,(H2,20,23)/t17-,18?/m0/s1. The van der Waals surface area contributed by atoms with Crippen molar-refractivity contribution in [1.29, 1.82) is 0 Å². The van der Waals surface area contributed by atoms with E-state index in [4.69, 9.17) is 5.73 Å². The number of rotatable bonds is 6. The second kappa shape index (κ2) is 7.19. The van der Waals surface area contributed by atoms with E-state index in [1.807, 2.05) is 6.07 Å². The molecule has 2 aromatic rings. The highest BCUT2D eigenvalue weighted by molar-refractivity contribution is 7.91. The lowest BCUT2D eigenvalue weighted by atomic mass is 9.87. The number of nitrogens with one attached hydrogen (secondary N) is 1. The molecule has 0 aromatic heterocycles. The number of sulfone groups is 1. The molecule has 1 heterocycles. The number of aliphatic hydroxyl groups is 1. The second-order valence-electron chi connectivity index (χ2n) is 6.40. The van der Waals surface area contributed by atoms with Crippen molar-refractivity contribution in [2.75, 3.05) is 12.4 Å². The van der Waals surface area contributed by atoms with E-state index in [9.17, 15) is 18.3 Å². The van der Waals surface area contributed by atoms with Crippen LogP contribution in [0.3, 0.4) is 0 Å². The summed E-state index contributed by atoms with van der Waals surface area (Å²) >= 11 is 0. The van der Waals surface area contributed by atoms with E-state index in [-0.39, 0.29) is 29.2 Å². The quantitative estimate of drug-likeness (QED) is 0.710. The Labute approximate surface area is 153 Å². The highest BCUT2D eigenvalue weighted by Crippen LogP contribution is 2.37. The molecule has 6 nitrogen and oxygen atoms in total. The maximum atomic E-state index is 12.0. The molecule has 7 heteroatoms. The molecule has 1 aliphatic heterocycles. The van der Waals surface area contributed by atoms with Crippen LogP contribution in [-0.2, 0) is 16.4 Å². The van der Waals surface area contributed by atoms with Crippen molar-refractivity contribution in [3.8, 4) is 0 Å². The highest BCUT2D eigenvalue weighted by atomic mass is 32.2. The summed E-state index contributed by atoms with van der Waals surface area (Å²) in [5.74, 6) is -0.646. The van der Waals surface area contributed by atoms with Crippen LogP contribution in [0.5, 0.6) is 0 Å². The first-order chi connectivity index (χ1) is 12.4. The Bertz CT molecular complexity index is 923. The fourth-order valence-corrected chi connectivity index (χ4v) is 4.28. The van der Waals surface area contributed by atoms with Crippen molar-refractivity contribution in [3.63, 3.8) is 0 Å². The monoisotopic (exact) mass is 374 g/mol. The van der Waals surface area contributed by atoms with Crippen LogP contribution >= 0.6 is 0 Å². The van der Waals surface area contributed by atoms with Gasteiger partial charge in [-0.1, -0.05) is 25.1 Å². The zero-order chi connectivity index (χ0) is 18.9. The maximum Gasteiger partial charge on any atom is 0.248 e. The Morgan fingerprint density at radius 2 is 1.96 bits per heavy atom. The fraction of sp³-hybridized carbons (Fsp3) is 0.316. The Hall–Kier alpha value is -2.22. The van der Waals surface area contributed by atoms with Gasteiger partial charge in [0.2, 0.25) is 5.91 Å². The Balaban J connectivity index is 1.91. The van der Waals surface area contributed by atoms with Crippen LogP contribution in [0.4, 0.5) is 0 Å². The van der Waals surface area contributed by atoms with Gasteiger partial charge >= 0.3 is 0 Å². The summed E-state index contributed by atoms with van der Waals surface area (Å²) in [6, 6.07) is 11.9. The van der Waals surface area contributed by atoms with Crippen LogP contribution < -0.4 is 11.1 Å². The summed E-state index contributed by atoms with van der Waals surface area (Å²) in [6.45, 7) is 2.11. The third-order valence-corrected chi connectivity index (χ3v) is 6.67. The smallest absolute Gasteiger partial charge is 0.248 e. The summed E-state index contributed by atoms with van der Waals surface area (Å²) in [5.41, 5.74) is 8.64. The number of fused-ring (bicyclic) bond motifs is 1. The molecule has 1 amide bonds. The first kappa shape index (κ1) is 18.6. The Kier molecular flexibility index (Phi) is 5.13. The number of nitrogens with two attached hydrogens (primary N) is 1. The first-order valence-electron chi connectivity index (χ1n) is 8.47. The molecule has 0 saturated heterocycles. The molecular weight excluding hydrogens is 352 g/mol. The zero-order valence-electron chi connectivity index (χ0n) is 14.5. The molecule has 0 saturated carbocycles. The molecule has 0 radical (unpaired) electrons. The Morgan fingerprint density at radius 3 is 2.54 bits per heavy atom. The average Bonchev–Trinajstić information content (AvgIpc) is 3.06. The number of hydrogen-bond donors (Lipinski definition) is 3. The van der Waals surface area contributed by atoms with Gasteiger partial charge in [0.25, 0.3) is 0 Å². The Morgan fingerprint density at radius 1 is 1.27 bits per heavy atom. The van der Waals surface area contributed by atoms with Crippen molar-refractivity contribution in [3.05, 3.63) is 64.7 Å². The van der Waals surface area contributed by atoms with E-state index in [0.717, 1.165) is 16.7 Å². The number of hydrogen-bond acceptors (Lipinski definition) is 5. The largest absolute Gasteiger partial charge is 0.396 e. The van der Waals surface area contributed by atoms with Crippen LogP contribution in [0, 0.1) is 0 Å². The molecule has 2 atom stereocenters. The minimum Gasteiger partial charge on any atom is -0.396 e. The molecule has 0 bridgehead atoms. The summed E-state index contributed by atoms with van der Waals surface area (Å²) in [6.07, 6.45) is 0. The van der Waals surface area contributed by atoms with Gasteiger partial charge in [-0.15, -0.1) is 0 Å². The van der Waals surface area contributed by atoms with E-state index in [1.54, 1.807) is 43.3 Å². The van der Waals surface area contributed by atoms with Crippen LogP contribution in [0.2, 0.25) is 0 Å². The lowest BCUT2D eigenvalue weighted by Gasteiger charge is -2.23. The normalized spacial score (nSPS) is 17.7. The van der Waals surface area contributed by atoms with Gasteiger partial charge in [0.1, 0.15) is 0 Å². The van der Waals surface area contributed by atoms with E-state index in [2.05, 4.69) is 5.32 Å². The van der Waals surface area contributed by atoms with E-state index in [0.29, 0.717) is 12.1 Å². The molecule has 1 unspecified atom stereocenters. The lowest BCUT2D eigenvalue weighted by molar-refractivity contribution is 0.1000. The van der Waals surface area contributed by atoms with Crippen molar-refractivity contribution >= 4 is 15.7 Å². The van der Waals surface area contributed by atoms with E-state index < -0.39 is 15.7 Å². The van der Waals surface area contributed by atoms with Gasteiger partial charge in [0.15, 0.2) is 9.84 Å². The van der Waals surface area contributed by atoms with Gasteiger partial charge in [0.05, 0.1) is 17.3 Å². The number of aliphatic hydroxyl groups excluding tert-OH is 1. The summed E-state index contributed by atoms with van der Waals surface area (Å²) in [7, 11) is -3.25. The minimum absolute atomic E-state index is 0.0511. The number of carbonyl (C=O) groups excluding carboxylic acids is 1. The highest BCUT2D eigenvalue weighted by Gasteiger charge is 2.30. The van der Waals surface area contributed by atoms with Gasteiger partial charge in [-0.25, -0.2) is 8.42 Å². The average molecular weight is 374 g/mol. The van der Waals surface area contributed by atoms with Gasteiger partial charge in [-0.2, -0.15) is 0 Å². The van der Waals surface area contributed by atoms with Crippen molar-refractivity contribution in [2.45, 2.75) is 30.3 Å². The zero-order valence-corrected chi connectivity index (χ0v) is 15.3. The molecule has 138 valence electrons. The van der Waals surface area contributed by atoms with Crippen LogP contribution in [0.1, 0.15) is 45.9 Å². The van der Waals surface area contributed by atoms with Gasteiger partial charge in [-0.3, -0.25) is 4.79 Å². The van der Waals surface area contributed by atoms with Crippen LogP contribution in [-0.4, -0.2) is 31.8 Å². The molecule has 2 aromatic carbocycles. The number of carbonyl (C=O) groups is 1. The molecule has 26 heavy (non-hydrogen) atoms. The number of primary amides is 1. The number of amides is 1. The van der Waals surface area contributed by atoms with Gasteiger partial charge < -0.3 is 16.2 Å². The third kappa shape index (κ3) is 3.38. The third-order valence-electron chi connectivity index (χ3n) is 4.92. The fourth-order valence-electron chi connectivity index (χ4n) is 3.40. The maximum absolute atomic E-state index is 12.0. The minimum atomic E-state index is -3.25. The summed E-state index contributed by atoms with van der Waals surface area (Å²) in [5, 5.41) is 13.3. The van der Waals surface area contributed by atoms with E-state index >= 15 is 0 Å².